The number of hydrogen-bond acceptors (Lipinski definition) is 4. The predicted molar refractivity (Wildman–Crippen MR) is 75.1 cm³/mol. The van der Waals surface area contributed by atoms with Crippen LogP contribution in [-0.2, 0) is 0 Å². The molecule has 1 unspecified atom stereocenters. The number of halogens is 1. The summed E-state index contributed by atoms with van der Waals surface area (Å²) in [5.74, 6) is -0.317. The molecule has 1 aliphatic heterocycles. The van der Waals surface area contributed by atoms with E-state index in [0.717, 1.165) is 25.9 Å². The van der Waals surface area contributed by atoms with Crippen molar-refractivity contribution in [3.05, 3.63) is 22.8 Å². The molecule has 5 nitrogen and oxygen atoms in total. The molecule has 0 saturated carbocycles. The van der Waals surface area contributed by atoms with Gasteiger partial charge < -0.3 is 14.9 Å². The van der Waals surface area contributed by atoms with Gasteiger partial charge in [-0.1, -0.05) is 11.6 Å². The van der Waals surface area contributed by atoms with Crippen molar-refractivity contribution in [2.45, 2.75) is 18.9 Å². The molecule has 0 radical (unpaired) electrons. The van der Waals surface area contributed by atoms with Gasteiger partial charge in [0, 0.05) is 25.3 Å². The minimum atomic E-state index is -1.02. The molecule has 0 amide bonds. The van der Waals surface area contributed by atoms with Crippen LogP contribution in [0.5, 0.6) is 0 Å². The number of rotatable bonds is 4. The molecular formula is C13H18ClN3O2. The molecule has 19 heavy (non-hydrogen) atoms. The molecule has 1 saturated heterocycles. The summed E-state index contributed by atoms with van der Waals surface area (Å²) < 4.78 is 0. The van der Waals surface area contributed by atoms with Crippen LogP contribution in [0.15, 0.2) is 12.3 Å². The Kier molecular flexibility index (Phi) is 4.27. The molecule has 1 aromatic heterocycles. The van der Waals surface area contributed by atoms with Crippen LogP contribution >= 0.6 is 11.6 Å². The van der Waals surface area contributed by atoms with Gasteiger partial charge in [-0.2, -0.15) is 0 Å². The summed E-state index contributed by atoms with van der Waals surface area (Å²) in [6.07, 6.45) is 3.63. The van der Waals surface area contributed by atoms with Gasteiger partial charge in [0.1, 0.15) is 5.82 Å². The maximum atomic E-state index is 11.1. The fourth-order valence-electron chi connectivity index (χ4n) is 2.50. The second kappa shape index (κ2) is 5.75. The number of aromatic carboxylic acids is 1. The van der Waals surface area contributed by atoms with Gasteiger partial charge >= 0.3 is 5.97 Å². The lowest BCUT2D eigenvalue weighted by atomic mass is 10.2. The van der Waals surface area contributed by atoms with E-state index in [4.69, 9.17) is 16.7 Å². The monoisotopic (exact) mass is 283 g/mol. The molecule has 1 aliphatic rings. The zero-order valence-corrected chi connectivity index (χ0v) is 11.9. The number of nitrogens with zero attached hydrogens (tertiary/aromatic N) is 3. The van der Waals surface area contributed by atoms with E-state index in [9.17, 15) is 4.79 Å². The van der Waals surface area contributed by atoms with Gasteiger partial charge in [-0.3, -0.25) is 0 Å². The number of aromatic nitrogens is 1. The standard InChI is InChI=1S/C13H18ClN3O2/c1-16(2)8-9-4-3-5-17(9)12-6-10(13(18)19)11(14)7-15-12/h6-7,9H,3-5,8H2,1-2H3,(H,18,19). The second-order valence-corrected chi connectivity index (χ2v) is 5.49. The normalized spacial score (nSPS) is 19.2. The maximum Gasteiger partial charge on any atom is 0.337 e. The molecule has 6 heteroatoms. The van der Waals surface area contributed by atoms with Crippen LogP contribution in [-0.4, -0.2) is 54.2 Å². The number of carbonyl (C=O) groups is 1. The van der Waals surface area contributed by atoms with E-state index < -0.39 is 5.97 Å². The zero-order valence-electron chi connectivity index (χ0n) is 11.1. The third kappa shape index (κ3) is 3.16. The molecule has 1 aromatic rings. The molecule has 2 rings (SSSR count). The average molecular weight is 284 g/mol. The zero-order chi connectivity index (χ0) is 14.0. The number of hydrogen-bond donors (Lipinski definition) is 1. The van der Waals surface area contributed by atoms with Crippen molar-refractivity contribution in [2.24, 2.45) is 0 Å². The van der Waals surface area contributed by atoms with Crippen molar-refractivity contribution in [1.29, 1.82) is 0 Å². The summed E-state index contributed by atoms with van der Waals surface area (Å²) in [4.78, 5) is 19.7. The lowest BCUT2D eigenvalue weighted by Gasteiger charge is -2.28. The molecule has 0 bridgehead atoms. The number of likely N-dealkylation sites (N-methyl/N-ethyl adjacent to an activating group) is 1. The van der Waals surface area contributed by atoms with Crippen molar-refractivity contribution in [3.8, 4) is 0 Å². The van der Waals surface area contributed by atoms with E-state index in [2.05, 4.69) is 14.8 Å². The third-order valence-electron chi connectivity index (χ3n) is 3.32. The average Bonchev–Trinajstić information content (AvgIpc) is 2.76. The summed E-state index contributed by atoms with van der Waals surface area (Å²) in [6.45, 7) is 1.85. The van der Waals surface area contributed by atoms with Crippen LogP contribution in [0.1, 0.15) is 23.2 Å². The highest BCUT2D eigenvalue weighted by molar-refractivity contribution is 6.33. The Labute approximate surface area is 117 Å². The quantitative estimate of drug-likeness (QED) is 0.915. The van der Waals surface area contributed by atoms with Crippen LogP contribution in [0.3, 0.4) is 0 Å². The first-order valence-electron chi connectivity index (χ1n) is 6.29. The molecule has 1 atom stereocenters. The lowest BCUT2D eigenvalue weighted by Crippen LogP contribution is -2.38. The van der Waals surface area contributed by atoms with E-state index in [1.54, 1.807) is 6.07 Å². The van der Waals surface area contributed by atoms with Crippen LogP contribution in [0.4, 0.5) is 5.82 Å². The van der Waals surface area contributed by atoms with E-state index in [0.29, 0.717) is 11.9 Å². The Hall–Kier alpha value is -1.33. The largest absolute Gasteiger partial charge is 0.478 e. The summed E-state index contributed by atoms with van der Waals surface area (Å²) in [5.41, 5.74) is 0.113. The van der Waals surface area contributed by atoms with Gasteiger partial charge in [-0.15, -0.1) is 0 Å². The summed E-state index contributed by atoms with van der Waals surface area (Å²) in [7, 11) is 4.07. The SMILES string of the molecule is CN(C)CC1CCCN1c1cc(C(=O)O)c(Cl)cn1. The van der Waals surface area contributed by atoms with E-state index >= 15 is 0 Å². The molecule has 1 N–H and O–H groups in total. The first-order chi connectivity index (χ1) is 8.99. The molecule has 0 aromatic carbocycles. The first kappa shape index (κ1) is 14.1. The van der Waals surface area contributed by atoms with Crippen LogP contribution in [0, 0.1) is 0 Å². The fraction of sp³-hybridized carbons (Fsp3) is 0.538. The molecule has 0 spiro atoms. The minimum absolute atomic E-state index is 0.113. The Morgan fingerprint density at radius 1 is 1.63 bits per heavy atom. The Bertz CT molecular complexity index is 479. The van der Waals surface area contributed by atoms with Gasteiger partial charge in [0.2, 0.25) is 0 Å². The van der Waals surface area contributed by atoms with Crippen molar-refractivity contribution in [1.82, 2.24) is 9.88 Å². The van der Waals surface area contributed by atoms with Crippen molar-refractivity contribution >= 4 is 23.4 Å². The van der Waals surface area contributed by atoms with E-state index in [1.165, 1.54) is 6.20 Å². The highest BCUT2D eigenvalue weighted by Gasteiger charge is 2.27. The van der Waals surface area contributed by atoms with Gasteiger partial charge in [0.05, 0.1) is 10.6 Å². The minimum Gasteiger partial charge on any atom is -0.478 e. The molecular weight excluding hydrogens is 266 g/mol. The van der Waals surface area contributed by atoms with Gasteiger partial charge in [0.25, 0.3) is 0 Å². The Morgan fingerprint density at radius 3 is 3.00 bits per heavy atom. The molecule has 2 heterocycles. The van der Waals surface area contributed by atoms with E-state index in [1.807, 2.05) is 14.1 Å². The predicted octanol–water partition coefficient (Wildman–Crippen LogP) is 1.96. The summed E-state index contributed by atoms with van der Waals surface area (Å²) in [6, 6.07) is 1.95. The first-order valence-corrected chi connectivity index (χ1v) is 6.67. The summed E-state index contributed by atoms with van der Waals surface area (Å²) >= 11 is 5.85. The second-order valence-electron chi connectivity index (χ2n) is 5.08. The van der Waals surface area contributed by atoms with Gasteiger partial charge in [-0.25, -0.2) is 9.78 Å². The highest BCUT2D eigenvalue weighted by atomic mass is 35.5. The Balaban J connectivity index is 2.25. The van der Waals surface area contributed by atoms with Gasteiger partial charge in [-0.05, 0) is 33.0 Å². The lowest BCUT2D eigenvalue weighted by molar-refractivity contribution is 0.0697. The van der Waals surface area contributed by atoms with Crippen LogP contribution < -0.4 is 4.90 Å². The van der Waals surface area contributed by atoms with Crippen molar-refractivity contribution in [2.75, 3.05) is 32.1 Å². The topological polar surface area (TPSA) is 56.7 Å². The van der Waals surface area contributed by atoms with Crippen LogP contribution in [0.25, 0.3) is 0 Å². The van der Waals surface area contributed by atoms with E-state index in [-0.39, 0.29) is 10.6 Å². The van der Waals surface area contributed by atoms with Crippen molar-refractivity contribution < 1.29 is 9.90 Å². The smallest absolute Gasteiger partial charge is 0.337 e. The Morgan fingerprint density at radius 2 is 2.37 bits per heavy atom. The highest BCUT2D eigenvalue weighted by Crippen LogP contribution is 2.27. The number of pyridine rings is 1. The number of carboxylic acid groups (broad SMARTS) is 1. The molecule has 1 fully saturated rings. The van der Waals surface area contributed by atoms with Crippen LogP contribution in [0.2, 0.25) is 5.02 Å². The number of anilines is 1. The van der Waals surface area contributed by atoms with Crippen molar-refractivity contribution in [3.63, 3.8) is 0 Å². The van der Waals surface area contributed by atoms with Gasteiger partial charge in [0.15, 0.2) is 0 Å². The fourth-order valence-corrected chi connectivity index (χ4v) is 2.68. The molecule has 0 aliphatic carbocycles. The molecule has 104 valence electrons. The third-order valence-corrected chi connectivity index (χ3v) is 3.62. The maximum absolute atomic E-state index is 11.1. The summed E-state index contributed by atoms with van der Waals surface area (Å²) in [5, 5.41) is 9.29. The number of carboxylic acids is 1.